The van der Waals surface area contributed by atoms with Gasteiger partial charge in [0.05, 0.1) is 4.75 Å². The van der Waals surface area contributed by atoms with Gasteiger partial charge >= 0.3 is 0 Å². The molecule has 23 heavy (non-hydrogen) atoms. The molecule has 0 amide bonds. The van der Waals surface area contributed by atoms with Gasteiger partial charge in [0.1, 0.15) is 0 Å². The van der Waals surface area contributed by atoms with Crippen LogP contribution in [0.5, 0.6) is 0 Å². The lowest BCUT2D eigenvalue weighted by Gasteiger charge is -2.22. The van der Waals surface area contributed by atoms with Crippen molar-refractivity contribution < 1.29 is 4.79 Å². The van der Waals surface area contributed by atoms with Gasteiger partial charge in [0.15, 0.2) is 5.78 Å². The second-order valence-electron chi connectivity index (χ2n) is 5.98. The molecule has 0 heterocycles. The number of hydrogen-bond acceptors (Lipinski definition) is 3. The van der Waals surface area contributed by atoms with E-state index in [2.05, 4.69) is 19.1 Å². The Morgan fingerprint density at radius 2 is 1.57 bits per heavy atom. The van der Waals surface area contributed by atoms with E-state index in [0.29, 0.717) is 0 Å². The average molecular weight is 345 g/mol. The first-order valence-electron chi connectivity index (χ1n) is 8.04. The third-order valence-corrected chi connectivity index (χ3v) is 6.02. The Hall–Kier alpha value is -1.19. The molecular formula is C20H24OS2. The predicted octanol–water partition coefficient (Wildman–Crippen LogP) is 6.33. The summed E-state index contributed by atoms with van der Waals surface area (Å²) in [6.07, 6.45) is 2.33. The van der Waals surface area contributed by atoms with Crippen LogP contribution in [-0.4, -0.2) is 16.3 Å². The number of thioether (sulfide) groups is 1. The number of Topliss-reactive ketones (excluding diaryl/α,β-unsaturated/α-hetero) is 1. The Kier molecular flexibility index (Phi) is 6.79. The zero-order valence-corrected chi connectivity index (χ0v) is 15.7. The second kappa shape index (κ2) is 8.60. The summed E-state index contributed by atoms with van der Waals surface area (Å²) in [5, 5.41) is 0. The van der Waals surface area contributed by atoms with Crippen molar-refractivity contribution in [2.24, 2.45) is 0 Å². The van der Waals surface area contributed by atoms with Crippen molar-refractivity contribution in [3.05, 3.63) is 60.2 Å². The molecule has 1 nitrogen and oxygen atoms in total. The summed E-state index contributed by atoms with van der Waals surface area (Å²) in [6, 6.07) is 18.3. The maximum atomic E-state index is 12.7. The minimum Gasteiger partial charge on any atom is -0.293 e. The van der Waals surface area contributed by atoms with Crippen molar-refractivity contribution in [3.8, 4) is 0 Å². The van der Waals surface area contributed by atoms with Crippen LogP contribution in [0.25, 0.3) is 0 Å². The molecule has 3 heteroatoms. The molecule has 122 valence electrons. The van der Waals surface area contributed by atoms with Crippen molar-refractivity contribution in [2.45, 2.75) is 48.2 Å². The smallest absolute Gasteiger partial charge is 0.178 e. The summed E-state index contributed by atoms with van der Waals surface area (Å²) in [5.41, 5.74) is 0.802. The van der Waals surface area contributed by atoms with E-state index in [1.807, 2.05) is 56.3 Å². The molecule has 0 unspecified atom stereocenters. The molecule has 2 aromatic carbocycles. The third kappa shape index (κ3) is 5.43. The molecule has 0 radical (unpaired) electrons. The van der Waals surface area contributed by atoms with Crippen LogP contribution in [0, 0.1) is 0 Å². The molecular weight excluding hydrogens is 320 g/mol. The molecule has 0 aliphatic heterocycles. The number of unbranched alkanes of at least 4 members (excludes halogenated alkanes) is 1. The van der Waals surface area contributed by atoms with Crippen LogP contribution < -0.4 is 0 Å². The maximum absolute atomic E-state index is 12.7. The van der Waals surface area contributed by atoms with Gasteiger partial charge in [0, 0.05) is 15.4 Å². The van der Waals surface area contributed by atoms with Crippen molar-refractivity contribution in [2.75, 3.05) is 5.75 Å². The Morgan fingerprint density at radius 1 is 0.957 bits per heavy atom. The first-order valence-corrected chi connectivity index (χ1v) is 9.85. The Labute approximate surface area is 148 Å². The highest BCUT2D eigenvalue weighted by molar-refractivity contribution is 8.01. The van der Waals surface area contributed by atoms with E-state index in [-0.39, 0.29) is 10.5 Å². The molecule has 0 bridgehead atoms. The number of carbonyl (C=O) groups excluding carboxylic acids is 1. The molecule has 0 aromatic heterocycles. The van der Waals surface area contributed by atoms with Gasteiger partial charge in [-0.3, -0.25) is 4.79 Å². The number of benzene rings is 2. The first-order chi connectivity index (χ1) is 11.0. The number of carbonyl (C=O) groups is 1. The van der Waals surface area contributed by atoms with Crippen LogP contribution >= 0.6 is 23.5 Å². The summed E-state index contributed by atoms with van der Waals surface area (Å²) in [5.74, 6) is 1.26. The number of rotatable bonds is 8. The Morgan fingerprint density at radius 3 is 2.17 bits per heavy atom. The van der Waals surface area contributed by atoms with Crippen molar-refractivity contribution in [3.63, 3.8) is 0 Å². The summed E-state index contributed by atoms with van der Waals surface area (Å²) < 4.78 is -0.358. The van der Waals surface area contributed by atoms with E-state index in [4.69, 9.17) is 0 Å². The number of hydrogen-bond donors (Lipinski definition) is 0. The zero-order chi connectivity index (χ0) is 16.7. The van der Waals surface area contributed by atoms with E-state index in [9.17, 15) is 4.79 Å². The topological polar surface area (TPSA) is 17.1 Å². The van der Waals surface area contributed by atoms with E-state index in [1.165, 1.54) is 11.3 Å². The van der Waals surface area contributed by atoms with Crippen LogP contribution in [-0.2, 0) is 0 Å². The molecule has 0 fully saturated rings. The standard InChI is InChI=1S/C20H24OS2/c1-4-5-15-22-20(2,3)19(21)16-11-13-18(14-12-16)23-17-9-7-6-8-10-17/h6-14H,4-5,15H2,1-3H3. The SMILES string of the molecule is CCCCSC(C)(C)C(=O)c1ccc(Sc2ccccc2)cc1. The summed E-state index contributed by atoms with van der Waals surface area (Å²) in [7, 11) is 0. The first kappa shape index (κ1) is 18.2. The van der Waals surface area contributed by atoms with Gasteiger partial charge in [0.2, 0.25) is 0 Å². The molecule has 0 saturated heterocycles. The molecule has 0 aliphatic carbocycles. The quantitative estimate of drug-likeness (QED) is 0.411. The number of ketones is 1. The Balaban J connectivity index is 2.02. The lowest BCUT2D eigenvalue weighted by molar-refractivity contribution is 0.0958. The monoisotopic (exact) mass is 344 g/mol. The van der Waals surface area contributed by atoms with Crippen LogP contribution in [0.15, 0.2) is 64.4 Å². The minimum atomic E-state index is -0.358. The third-order valence-electron chi connectivity index (χ3n) is 3.60. The zero-order valence-electron chi connectivity index (χ0n) is 14.0. The van der Waals surface area contributed by atoms with Crippen LogP contribution in [0.2, 0.25) is 0 Å². The maximum Gasteiger partial charge on any atom is 0.178 e. The average Bonchev–Trinajstić information content (AvgIpc) is 2.56. The normalized spacial score (nSPS) is 11.4. The van der Waals surface area contributed by atoms with Crippen LogP contribution in [0.3, 0.4) is 0 Å². The Bertz CT molecular complexity index is 618. The van der Waals surface area contributed by atoms with Crippen molar-refractivity contribution in [1.82, 2.24) is 0 Å². The van der Waals surface area contributed by atoms with E-state index in [1.54, 1.807) is 23.5 Å². The molecule has 0 aliphatic rings. The molecule has 0 spiro atoms. The molecule has 2 aromatic rings. The van der Waals surface area contributed by atoms with Gasteiger partial charge < -0.3 is 0 Å². The summed E-state index contributed by atoms with van der Waals surface area (Å²) in [6.45, 7) is 6.24. The van der Waals surface area contributed by atoms with Gasteiger partial charge in [-0.2, -0.15) is 0 Å². The highest BCUT2D eigenvalue weighted by atomic mass is 32.2. The van der Waals surface area contributed by atoms with Gasteiger partial charge in [-0.05, 0) is 50.3 Å². The van der Waals surface area contributed by atoms with Gasteiger partial charge in [-0.15, -0.1) is 11.8 Å². The highest BCUT2D eigenvalue weighted by Gasteiger charge is 2.28. The van der Waals surface area contributed by atoms with E-state index < -0.39 is 0 Å². The summed E-state index contributed by atoms with van der Waals surface area (Å²) >= 11 is 3.47. The van der Waals surface area contributed by atoms with Crippen LogP contribution in [0.1, 0.15) is 44.0 Å². The fourth-order valence-corrected chi connectivity index (χ4v) is 4.21. The van der Waals surface area contributed by atoms with E-state index >= 15 is 0 Å². The van der Waals surface area contributed by atoms with Gasteiger partial charge in [-0.25, -0.2) is 0 Å². The van der Waals surface area contributed by atoms with Crippen molar-refractivity contribution >= 4 is 29.3 Å². The fraction of sp³-hybridized carbons (Fsp3) is 0.350. The van der Waals surface area contributed by atoms with E-state index in [0.717, 1.165) is 22.6 Å². The lowest BCUT2D eigenvalue weighted by atomic mass is 10.0. The van der Waals surface area contributed by atoms with Gasteiger partial charge in [0.25, 0.3) is 0 Å². The molecule has 0 N–H and O–H groups in total. The highest BCUT2D eigenvalue weighted by Crippen LogP contribution is 2.31. The lowest BCUT2D eigenvalue weighted by Crippen LogP contribution is -2.28. The van der Waals surface area contributed by atoms with Crippen molar-refractivity contribution in [1.29, 1.82) is 0 Å². The van der Waals surface area contributed by atoms with Gasteiger partial charge in [-0.1, -0.05) is 55.4 Å². The molecule has 2 rings (SSSR count). The molecule has 0 atom stereocenters. The fourth-order valence-electron chi connectivity index (χ4n) is 2.18. The molecule has 0 saturated carbocycles. The largest absolute Gasteiger partial charge is 0.293 e. The predicted molar refractivity (Wildman–Crippen MR) is 103 cm³/mol. The minimum absolute atomic E-state index is 0.217. The second-order valence-corrected chi connectivity index (χ2v) is 8.85. The van der Waals surface area contributed by atoms with Crippen LogP contribution in [0.4, 0.5) is 0 Å². The summed E-state index contributed by atoms with van der Waals surface area (Å²) in [4.78, 5) is 15.1.